The topological polar surface area (TPSA) is 34.2 Å². The lowest BCUT2D eigenvalue weighted by Gasteiger charge is -2.31. The third-order valence-electron chi connectivity index (χ3n) is 5.89. The highest BCUT2D eigenvalue weighted by molar-refractivity contribution is 6.75. The van der Waals surface area contributed by atoms with Gasteiger partial charge in [0.05, 0.1) is 6.67 Å². The molecule has 2 aliphatic rings. The van der Waals surface area contributed by atoms with Crippen molar-refractivity contribution in [3.05, 3.63) is 29.8 Å². The van der Waals surface area contributed by atoms with Crippen molar-refractivity contribution < 1.29 is 13.3 Å². The molecule has 0 bridgehead atoms. The van der Waals surface area contributed by atoms with Crippen molar-refractivity contribution in [1.29, 1.82) is 0 Å². The standard InChI is InChI=1S/C22H38N2O3Si/c1-4-25-28(26-5-2,27-6-3)22-14-12-20(13-15-22)18-23-16-17-24(19-23)21-10-8-7-9-11-21/h12-15,21H,4-11,16-19H2,1-3H3. The van der Waals surface area contributed by atoms with Gasteiger partial charge in [-0.3, -0.25) is 9.80 Å². The van der Waals surface area contributed by atoms with E-state index in [0.29, 0.717) is 19.8 Å². The van der Waals surface area contributed by atoms with Crippen molar-refractivity contribution in [2.75, 3.05) is 39.6 Å². The number of nitrogens with zero attached hydrogens (tertiary/aromatic N) is 2. The van der Waals surface area contributed by atoms with Gasteiger partial charge < -0.3 is 13.3 Å². The zero-order valence-corrected chi connectivity index (χ0v) is 19.0. The normalized spacial score (nSPS) is 20.1. The molecule has 1 aliphatic carbocycles. The average molecular weight is 407 g/mol. The molecule has 0 unspecified atom stereocenters. The van der Waals surface area contributed by atoms with Crippen molar-refractivity contribution >= 4 is 14.0 Å². The zero-order chi connectivity index (χ0) is 19.8. The van der Waals surface area contributed by atoms with Gasteiger partial charge in [0.25, 0.3) is 0 Å². The van der Waals surface area contributed by atoms with E-state index in [1.807, 2.05) is 20.8 Å². The minimum absolute atomic E-state index is 0.596. The maximum atomic E-state index is 6.03. The van der Waals surface area contributed by atoms with Crippen LogP contribution in [0.15, 0.2) is 24.3 Å². The van der Waals surface area contributed by atoms with Gasteiger partial charge in [-0.2, -0.15) is 0 Å². The first-order valence-corrected chi connectivity index (χ1v) is 12.9. The van der Waals surface area contributed by atoms with Crippen LogP contribution in [0.25, 0.3) is 0 Å². The van der Waals surface area contributed by atoms with Crippen LogP contribution in [0, 0.1) is 0 Å². The van der Waals surface area contributed by atoms with Crippen molar-refractivity contribution in [3.63, 3.8) is 0 Å². The molecule has 3 rings (SSSR count). The molecular weight excluding hydrogens is 368 g/mol. The van der Waals surface area contributed by atoms with E-state index in [0.717, 1.165) is 24.4 Å². The molecule has 28 heavy (non-hydrogen) atoms. The van der Waals surface area contributed by atoms with Gasteiger partial charge in [-0.15, -0.1) is 0 Å². The van der Waals surface area contributed by atoms with E-state index in [1.165, 1.54) is 50.8 Å². The van der Waals surface area contributed by atoms with Crippen LogP contribution in [0.5, 0.6) is 0 Å². The first-order chi connectivity index (χ1) is 13.7. The van der Waals surface area contributed by atoms with Crippen molar-refractivity contribution in [3.8, 4) is 0 Å². The Morgan fingerprint density at radius 2 is 1.46 bits per heavy atom. The molecule has 0 radical (unpaired) electrons. The molecule has 1 aromatic carbocycles. The highest BCUT2D eigenvalue weighted by Crippen LogP contribution is 2.25. The summed E-state index contributed by atoms with van der Waals surface area (Å²) in [5, 5.41) is 1.06. The summed E-state index contributed by atoms with van der Waals surface area (Å²) >= 11 is 0. The molecule has 5 nitrogen and oxygen atoms in total. The van der Waals surface area contributed by atoms with Crippen LogP contribution in [-0.4, -0.2) is 64.2 Å². The Kier molecular flexibility index (Phi) is 8.50. The molecule has 1 aromatic rings. The van der Waals surface area contributed by atoms with Gasteiger partial charge in [-0.05, 0) is 39.2 Å². The Hall–Kier alpha value is -0.763. The third-order valence-corrected chi connectivity index (χ3v) is 8.94. The molecule has 1 heterocycles. The van der Waals surface area contributed by atoms with Crippen LogP contribution in [0.3, 0.4) is 0 Å². The molecule has 0 atom stereocenters. The van der Waals surface area contributed by atoms with E-state index < -0.39 is 8.80 Å². The highest BCUT2D eigenvalue weighted by Gasteiger charge is 2.43. The predicted molar refractivity (Wildman–Crippen MR) is 116 cm³/mol. The van der Waals surface area contributed by atoms with Gasteiger partial charge in [0.2, 0.25) is 0 Å². The van der Waals surface area contributed by atoms with E-state index in [1.54, 1.807) is 0 Å². The lowest BCUT2D eigenvalue weighted by atomic mass is 9.94. The summed E-state index contributed by atoms with van der Waals surface area (Å²) in [6.45, 7) is 12.3. The molecule has 6 heteroatoms. The summed E-state index contributed by atoms with van der Waals surface area (Å²) in [5.74, 6) is 0. The maximum absolute atomic E-state index is 6.03. The number of rotatable bonds is 10. The fraction of sp³-hybridized carbons (Fsp3) is 0.727. The van der Waals surface area contributed by atoms with Gasteiger partial charge in [-0.25, -0.2) is 0 Å². The molecule has 2 fully saturated rings. The van der Waals surface area contributed by atoms with Crippen LogP contribution in [0.2, 0.25) is 0 Å². The number of hydrogen-bond acceptors (Lipinski definition) is 5. The average Bonchev–Trinajstić information content (AvgIpc) is 3.18. The lowest BCUT2D eigenvalue weighted by molar-refractivity contribution is 0.0859. The Balaban J connectivity index is 1.60. The summed E-state index contributed by atoms with van der Waals surface area (Å²) in [5.41, 5.74) is 1.35. The van der Waals surface area contributed by atoms with E-state index >= 15 is 0 Å². The van der Waals surface area contributed by atoms with E-state index in [-0.39, 0.29) is 0 Å². The fourth-order valence-electron chi connectivity index (χ4n) is 4.56. The second kappa shape index (κ2) is 10.9. The molecular formula is C22H38N2O3Si. The molecule has 0 amide bonds. The second-order valence-electron chi connectivity index (χ2n) is 7.85. The SMILES string of the molecule is CCO[Si](OCC)(OCC)c1ccc(CN2CCN(C3CCCCC3)C2)cc1. The van der Waals surface area contributed by atoms with Crippen molar-refractivity contribution in [2.24, 2.45) is 0 Å². The third kappa shape index (κ3) is 5.43. The van der Waals surface area contributed by atoms with Crippen LogP contribution in [0.4, 0.5) is 0 Å². The fourth-order valence-corrected chi connectivity index (χ4v) is 7.02. The maximum Gasteiger partial charge on any atom is 0.537 e. The molecule has 1 aliphatic heterocycles. The molecule has 1 saturated carbocycles. The number of benzene rings is 1. The van der Waals surface area contributed by atoms with Gasteiger partial charge in [0.1, 0.15) is 0 Å². The van der Waals surface area contributed by atoms with Crippen molar-refractivity contribution in [1.82, 2.24) is 9.80 Å². The Morgan fingerprint density at radius 3 is 2.04 bits per heavy atom. The van der Waals surface area contributed by atoms with E-state index in [4.69, 9.17) is 13.3 Å². The highest BCUT2D eigenvalue weighted by atomic mass is 28.4. The van der Waals surface area contributed by atoms with Gasteiger partial charge in [0.15, 0.2) is 0 Å². The minimum atomic E-state index is -2.79. The van der Waals surface area contributed by atoms with E-state index in [9.17, 15) is 0 Å². The zero-order valence-electron chi connectivity index (χ0n) is 18.0. The molecule has 0 aromatic heterocycles. The van der Waals surface area contributed by atoms with Gasteiger partial charge >= 0.3 is 8.80 Å². The largest absolute Gasteiger partial charge is 0.537 e. The molecule has 0 spiro atoms. The Bertz CT molecular complexity index is 561. The summed E-state index contributed by atoms with van der Waals surface area (Å²) in [7, 11) is -2.79. The molecule has 1 saturated heterocycles. The summed E-state index contributed by atoms with van der Waals surface area (Å²) in [6, 6.07) is 9.56. The summed E-state index contributed by atoms with van der Waals surface area (Å²) < 4.78 is 18.1. The first kappa shape index (κ1) is 21.9. The quantitative estimate of drug-likeness (QED) is 0.557. The molecule has 0 N–H and O–H groups in total. The van der Waals surface area contributed by atoms with Crippen LogP contribution < -0.4 is 5.19 Å². The summed E-state index contributed by atoms with van der Waals surface area (Å²) in [6.07, 6.45) is 7.03. The van der Waals surface area contributed by atoms with Crippen LogP contribution in [0.1, 0.15) is 58.4 Å². The Morgan fingerprint density at radius 1 is 0.857 bits per heavy atom. The number of hydrogen-bond donors (Lipinski definition) is 0. The van der Waals surface area contributed by atoms with Crippen LogP contribution in [-0.2, 0) is 19.8 Å². The summed E-state index contributed by atoms with van der Waals surface area (Å²) in [4.78, 5) is 5.27. The first-order valence-electron chi connectivity index (χ1n) is 11.2. The van der Waals surface area contributed by atoms with Gasteiger partial charge in [-0.1, -0.05) is 43.5 Å². The molecule has 158 valence electrons. The van der Waals surface area contributed by atoms with Gasteiger partial charge in [0, 0.05) is 50.7 Å². The second-order valence-corrected chi connectivity index (χ2v) is 10.4. The van der Waals surface area contributed by atoms with E-state index in [2.05, 4.69) is 34.1 Å². The Labute approximate surface area is 172 Å². The predicted octanol–water partition coefficient (Wildman–Crippen LogP) is 3.35. The van der Waals surface area contributed by atoms with Crippen LogP contribution >= 0.6 is 0 Å². The monoisotopic (exact) mass is 406 g/mol. The van der Waals surface area contributed by atoms with Crippen molar-refractivity contribution in [2.45, 2.75) is 65.5 Å². The lowest BCUT2D eigenvalue weighted by Crippen LogP contribution is -2.56. The smallest absolute Gasteiger partial charge is 0.370 e. The minimum Gasteiger partial charge on any atom is -0.370 e.